The average molecular weight is 276 g/mol. The average Bonchev–Trinajstić information content (AvgIpc) is 2.97. The van der Waals surface area contributed by atoms with E-state index in [-0.39, 0.29) is 29.3 Å². The van der Waals surface area contributed by atoms with E-state index in [9.17, 15) is 4.79 Å². The highest BCUT2D eigenvalue weighted by Crippen LogP contribution is 2.62. The van der Waals surface area contributed by atoms with Crippen molar-refractivity contribution in [2.75, 3.05) is 5.73 Å². The molecular formula is C15H24N4O. The molecule has 20 heavy (non-hydrogen) atoms. The second-order valence-corrected chi connectivity index (χ2v) is 7.39. The summed E-state index contributed by atoms with van der Waals surface area (Å²) >= 11 is 0. The summed E-state index contributed by atoms with van der Waals surface area (Å²) in [4.78, 5) is 12.3. The minimum atomic E-state index is 0.0277. The van der Waals surface area contributed by atoms with Crippen LogP contribution in [0.5, 0.6) is 0 Å². The number of amides is 1. The zero-order valence-corrected chi connectivity index (χ0v) is 12.5. The fraction of sp³-hybridized carbons (Fsp3) is 0.733. The van der Waals surface area contributed by atoms with Gasteiger partial charge in [-0.25, -0.2) is 0 Å². The number of anilines is 1. The first kappa shape index (κ1) is 13.5. The van der Waals surface area contributed by atoms with Crippen molar-refractivity contribution in [3.05, 3.63) is 12.4 Å². The molecule has 3 unspecified atom stereocenters. The maximum atomic E-state index is 12.3. The molecule has 1 aromatic heterocycles. The highest BCUT2D eigenvalue weighted by atomic mass is 16.2. The molecule has 3 atom stereocenters. The Bertz CT molecular complexity index is 531. The van der Waals surface area contributed by atoms with Crippen molar-refractivity contribution in [1.82, 2.24) is 15.1 Å². The fourth-order valence-electron chi connectivity index (χ4n) is 4.48. The molecule has 1 amide bonds. The van der Waals surface area contributed by atoms with E-state index in [0.717, 1.165) is 5.92 Å². The quantitative estimate of drug-likeness (QED) is 0.884. The van der Waals surface area contributed by atoms with Crippen LogP contribution in [0.1, 0.15) is 40.0 Å². The molecule has 110 valence electrons. The second-order valence-electron chi connectivity index (χ2n) is 7.39. The molecule has 0 aromatic carbocycles. The van der Waals surface area contributed by atoms with Gasteiger partial charge in [0.2, 0.25) is 5.91 Å². The van der Waals surface area contributed by atoms with Gasteiger partial charge in [-0.1, -0.05) is 20.8 Å². The van der Waals surface area contributed by atoms with Crippen LogP contribution in [0.2, 0.25) is 0 Å². The number of fused-ring (bicyclic) bond motifs is 2. The maximum absolute atomic E-state index is 12.3. The monoisotopic (exact) mass is 276 g/mol. The number of hydrogen-bond acceptors (Lipinski definition) is 3. The molecule has 2 bridgehead atoms. The summed E-state index contributed by atoms with van der Waals surface area (Å²) in [5.41, 5.74) is 6.65. The minimum absolute atomic E-state index is 0.0277. The number of nitrogens with zero attached hydrogens (tertiary/aromatic N) is 2. The SMILES string of the molecule is CC12CCC(C1)C(C)(C)C2NC(=O)Cn1cc(N)cn1. The molecule has 0 saturated heterocycles. The zero-order chi connectivity index (χ0) is 14.5. The lowest BCUT2D eigenvalue weighted by molar-refractivity contribution is -0.124. The van der Waals surface area contributed by atoms with Crippen molar-refractivity contribution in [3.63, 3.8) is 0 Å². The molecule has 0 aliphatic heterocycles. The van der Waals surface area contributed by atoms with Crippen LogP contribution in [-0.4, -0.2) is 21.7 Å². The Morgan fingerprint density at radius 1 is 1.55 bits per heavy atom. The van der Waals surface area contributed by atoms with Gasteiger partial charge in [-0.2, -0.15) is 5.10 Å². The van der Waals surface area contributed by atoms with Gasteiger partial charge in [0.1, 0.15) is 6.54 Å². The van der Waals surface area contributed by atoms with Gasteiger partial charge < -0.3 is 11.1 Å². The van der Waals surface area contributed by atoms with Gasteiger partial charge >= 0.3 is 0 Å². The Morgan fingerprint density at radius 2 is 2.30 bits per heavy atom. The number of rotatable bonds is 3. The van der Waals surface area contributed by atoms with Gasteiger partial charge in [0.25, 0.3) is 0 Å². The summed E-state index contributed by atoms with van der Waals surface area (Å²) in [6.07, 6.45) is 7.01. The summed E-state index contributed by atoms with van der Waals surface area (Å²) in [5.74, 6) is 0.762. The normalized spacial score (nSPS) is 34.4. The molecule has 2 aliphatic carbocycles. The summed E-state index contributed by atoms with van der Waals surface area (Å²) in [6.45, 7) is 7.14. The largest absolute Gasteiger partial charge is 0.396 e. The first-order valence-electron chi connectivity index (χ1n) is 7.38. The van der Waals surface area contributed by atoms with Gasteiger partial charge in [0, 0.05) is 12.2 Å². The lowest BCUT2D eigenvalue weighted by atomic mass is 9.68. The van der Waals surface area contributed by atoms with E-state index in [4.69, 9.17) is 5.73 Å². The third-order valence-corrected chi connectivity index (χ3v) is 5.53. The van der Waals surface area contributed by atoms with Gasteiger partial charge in [-0.15, -0.1) is 0 Å². The van der Waals surface area contributed by atoms with Crippen LogP contribution in [0.25, 0.3) is 0 Å². The van der Waals surface area contributed by atoms with E-state index >= 15 is 0 Å². The van der Waals surface area contributed by atoms with Crippen molar-refractivity contribution in [2.24, 2.45) is 16.7 Å². The van der Waals surface area contributed by atoms with Crippen molar-refractivity contribution >= 4 is 11.6 Å². The topological polar surface area (TPSA) is 72.9 Å². The lowest BCUT2D eigenvalue weighted by Gasteiger charge is -2.43. The Hall–Kier alpha value is -1.52. The van der Waals surface area contributed by atoms with E-state index in [2.05, 4.69) is 31.2 Å². The van der Waals surface area contributed by atoms with Crippen LogP contribution in [0, 0.1) is 16.7 Å². The lowest BCUT2D eigenvalue weighted by Crippen LogP contribution is -2.53. The molecule has 3 rings (SSSR count). The smallest absolute Gasteiger partial charge is 0.241 e. The third-order valence-electron chi connectivity index (χ3n) is 5.53. The first-order valence-corrected chi connectivity index (χ1v) is 7.38. The Morgan fingerprint density at radius 3 is 2.85 bits per heavy atom. The Kier molecular flexibility index (Phi) is 2.85. The van der Waals surface area contributed by atoms with Crippen LogP contribution < -0.4 is 11.1 Å². The molecule has 1 heterocycles. The van der Waals surface area contributed by atoms with Crippen LogP contribution in [0.4, 0.5) is 5.69 Å². The van der Waals surface area contributed by atoms with Crippen LogP contribution in [0.3, 0.4) is 0 Å². The summed E-state index contributed by atoms with van der Waals surface area (Å²) in [5, 5.41) is 7.32. The van der Waals surface area contributed by atoms with Gasteiger partial charge in [0.15, 0.2) is 0 Å². The van der Waals surface area contributed by atoms with Crippen molar-refractivity contribution < 1.29 is 4.79 Å². The van der Waals surface area contributed by atoms with Crippen molar-refractivity contribution in [2.45, 2.75) is 52.6 Å². The third kappa shape index (κ3) is 2.00. The van der Waals surface area contributed by atoms with E-state index in [1.165, 1.54) is 19.3 Å². The summed E-state index contributed by atoms with van der Waals surface area (Å²) in [7, 11) is 0. The Labute approximate surface area is 119 Å². The van der Waals surface area contributed by atoms with Crippen LogP contribution in [0.15, 0.2) is 12.4 Å². The minimum Gasteiger partial charge on any atom is -0.396 e. The number of carbonyl (C=O) groups excluding carboxylic acids is 1. The highest BCUT2D eigenvalue weighted by molar-refractivity contribution is 5.76. The van der Waals surface area contributed by atoms with Crippen LogP contribution in [-0.2, 0) is 11.3 Å². The fourth-order valence-corrected chi connectivity index (χ4v) is 4.48. The number of aromatic nitrogens is 2. The number of hydrogen-bond donors (Lipinski definition) is 2. The van der Waals surface area contributed by atoms with Crippen LogP contribution >= 0.6 is 0 Å². The van der Waals surface area contributed by atoms with E-state index in [1.54, 1.807) is 17.1 Å². The standard InChI is InChI=1S/C15H24N4O/c1-14(2)10-4-5-15(3,6-10)13(14)18-12(20)9-19-8-11(16)7-17-19/h7-8,10,13H,4-6,9,16H2,1-3H3,(H,18,20). The molecule has 5 heteroatoms. The Balaban J connectivity index is 1.69. The molecule has 3 N–H and O–H groups in total. The number of carbonyl (C=O) groups is 1. The number of nitrogens with two attached hydrogens (primary N) is 1. The molecule has 2 aliphatic rings. The van der Waals surface area contributed by atoms with Gasteiger partial charge in [0.05, 0.1) is 11.9 Å². The zero-order valence-electron chi connectivity index (χ0n) is 12.5. The predicted molar refractivity (Wildman–Crippen MR) is 77.8 cm³/mol. The molecule has 0 spiro atoms. The second kappa shape index (κ2) is 4.24. The molecule has 2 saturated carbocycles. The first-order chi connectivity index (χ1) is 9.31. The number of nitrogen functional groups attached to an aromatic ring is 1. The van der Waals surface area contributed by atoms with E-state index in [1.807, 2.05) is 0 Å². The highest BCUT2D eigenvalue weighted by Gasteiger charge is 2.59. The molecule has 0 radical (unpaired) electrons. The van der Waals surface area contributed by atoms with E-state index in [0.29, 0.717) is 5.69 Å². The molecule has 1 aromatic rings. The number of nitrogens with one attached hydrogen (secondary N) is 1. The molecule has 2 fully saturated rings. The van der Waals surface area contributed by atoms with Gasteiger partial charge in [-0.05, 0) is 36.0 Å². The predicted octanol–water partition coefficient (Wildman–Crippen LogP) is 1.80. The molecule has 5 nitrogen and oxygen atoms in total. The molecular weight excluding hydrogens is 252 g/mol. The summed E-state index contributed by atoms with van der Waals surface area (Å²) < 4.78 is 1.59. The van der Waals surface area contributed by atoms with Crippen molar-refractivity contribution in [3.8, 4) is 0 Å². The maximum Gasteiger partial charge on any atom is 0.241 e. The van der Waals surface area contributed by atoms with E-state index < -0.39 is 0 Å². The summed E-state index contributed by atoms with van der Waals surface area (Å²) in [6, 6.07) is 0.258. The van der Waals surface area contributed by atoms with Crippen molar-refractivity contribution in [1.29, 1.82) is 0 Å². The van der Waals surface area contributed by atoms with Gasteiger partial charge in [-0.3, -0.25) is 9.48 Å².